The van der Waals surface area contributed by atoms with Gasteiger partial charge in [0, 0.05) is 16.7 Å². The third-order valence-corrected chi connectivity index (χ3v) is 5.60. The minimum absolute atomic E-state index is 0.0204. The molecule has 198 valence electrons. The van der Waals surface area contributed by atoms with Gasteiger partial charge in [0.25, 0.3) is 0 Å². The molecule has 0 aliphatic rings. The zero-order valence-corrected chi connectivity index (χ0v) is 20.5. The van der Waals surface area contributed by atoms with E-state index in [0.29, 0.717) is 58.3 Å². The predicted molar refractivity (Wildman–Crippen MR) is 127 cm³/mol. The first-order chi connectivity index (χ1) is 17.3. The SMILES string of the molecule is C=COCCCCc1c(CCCCOC=C)c(C(=O)[O-])c(C(=O)[O-])c(CCCCOC=C)c1C(=O)[O-]. The van der Waals surface area contributed by atoms with Gasteiger partial charge >= 0.3 is 0 Å². The number of rotatable bonds is 21. The van der Waals surface area contributed by atoms with Crippen molar-refractivity contribution >= 4 is 17.9 Å². The first-order valence-electron chi connectivity index (χ1n) is 11.8. The van der Waals surface area contributed by atoms with E-state index in [4.69, 9.17) is 14.2 Å². The number of benzene rings is 1. The number of carbonyl (C=O) groups excluding carboxylic acids is 3. The lowest BCUT2D eigenvalue weighted by Crippen LogP contribution is -2.36. The number of ether oxygens (including phenoxy) is 3. The number of unbranched alkanes of at least 4 members (excludes halogenated alkanes) is 3. The van der Waals surface area contributed by atoms with Gasteiger partial charge in [-0.25, -0.2) is 0 Å². The molecule has 0 bridgehead atoms. The van der Waals surface area contributed by atoms with Crippen LogP contribution in [0.1, 0.15) is 86.3 Å². The molecule has 0 radical (unpaired) electrons. The maximum atomic E-state index is 12.3. The van der Waals surface area contributed by atoms with Crippen LogP contribution < -0.4 is 15.3 Å². The summed E-state index contributed by atoms with van der Waals surface area (Å²) in [5.41, 5.74) is -1.31. The Labute approximate surface area is 211 Å². The van der Waals surface area contributed by atoms with E-state index in [9.17, 15) is 29.7 Å². The first-order valence-corrected chi connectivity index (χ1v) is 11.8. The fourth-order valence-electron chi connectivity index (χ4n) is 4.12. The van der Waals surface area contributed by atoms with Crippen LogP contribution in [-0.4, -0.2) is 37.7 Å². The van der Waals surface area contributed by atoms with E-state index in [2.05, 4.69) is 19.7 Å². The predicted octanol–water partition coefficient (Wildman–Crippen LogP) is 1.23. The molecule has 0 aliphatic heterocycles. The minimum Gasteiger partial charge on any atom is -0.545 e. The van der Waals surface area contributed by atoms with Gasteiger partial charge in [0.2, 0.25) is 0 Å². The van der Waals surface area contributed by atoms with Crippen LogP contribution in [0.4, 0.5) is 0 Å². The number of hydrogen-bond acceptors (Lipinski definition) is 9. The largest absolute Gasteiger partial charge is 0.545 e. The molecule has 0 unspecified atom stereocenters. The summed E-state index contributed by atoms with van der Waals surface area (Å²) in [6.07, 6.45) is 6.84. The van der Waals surface area contributed by atoms with Gasteiger partial charge in [-0.3, -0.25) is 0 Å². The van der Waals surface area contributed by atoms with E-state index >= 15 is 0 Å². The van der Waals surface area contributed by atoms with Crippen LogP contribution in [-0.2, 0) is 33.5 Å². The summed E-state index contributed by atoms with van der Waals surface area (Å²) in [4.78, 5) is 36.7. The molecule has 36 heavy (non-hydrogen) atoms. The van der Waals surface area contributed by atoms with Crippen LogP contribution in [0.25, 0.3) is 0 Å². The van der Waals surface area contributed by atoms with Gasteiger partial charge < -0.3 is 43.9 Å². The maximum absolute atomic E-state index is 12.3. The van der Waals surface area contributed by atoms with Gasteiger partial charge in [0.05, 0.1) is 56.5 Å². The molecule has 0 fully saturated rings. The molecule has 0 N–H and O–H groups in total. The lowest BCUT2D eigenvalue weighted by Gasteiger charge is -2.28. The van der Waals surface area contributed by atoms with Gasteiger partial charge in [-0.1, -0.05) is 19.7 Å². The van der Waals surface area contributed by atoms with Gasteiger partial charge in [0.1, 0.15) is 0 Å². The zero-order valence-electron chi connectivity index (χ0n) is 20.5. The molecule has 9 heteroatoms. The van der Waals surface area contributed by atoms with Crippen molar-refractivity contribution in [3.8, 4) is 0 Å². The number of carbonyl (C=O) groups is 3. The van der Waals surface area contributed by atoms with Crippen LogP contribution in [0.15, 0.2) is 38.5 Å². The molecule has 0 heterocycles. The first kappa shape index (κ1) is 30.3. The third kappa shape index (κ3) is 9.13. The quantitative estimate of drug-likeness (QED) is 0.179. The van der Waals surface area contributed by atoms with E-state index in [-0.39, 0.29) is 41.5 Å². The highest BCUT2D eigenvalue weighted by molar-refractivity contribution is 6.06. The molecule has 0 aliphatic carbocycles. The molecule has 1 rings (SSSR count). The van der Waals surface area contributed by atoms with Crippen molar-refractivity contribution in [2.45, 2.75) is 57.8 Å². The summed E-state index contributed by atoms with van der Waals surface area (Å²) >= 11 is 0. The highest BCUT2D eigenvalue weighted by Crippen LogP contribution is 2.32. The molecule has 1 aromatic carbocycles. The monoisotopic (exact) mass is 501 g/mol. The second-order valence-corrected chi connectivity index (χ2v) is 7.91. The fourth-order valence-corrected chi connectivity index (χ4v) is 4.12. The summed E-state index contributed by atoms with van der Waals surface area (Å²) in [5, 5.41) is 36.7. The molecular formula is C27H33O9-3. The Bertz CT molecular complexity index is 934. The standard InChI is InChI=1S/C27H36O9/c1-4-34-16-10-7-13-19-20(14-8-11-17-35-5-2)23(26(30)31)24(27(32)33)21(22(19)25(28)29)15-9-12-18-36-6-3/h4-6H,1-3,7-18H2,(H,28,29)(H,30,31)(H,32,33)/p-3. The van der Waals surface area contributed by atoms with E-state index in [1.807, 2.05) is 0 Å². The summed E-state index contributed by atoms with van der Waals surface area (Å²) in [7, 11) is 0. The number of carboxylic acid groups (broad SMARTS) is 3. The Kier molecular flexibility index (Phi) is 14.1. The smallest absolute Gasteiger partial charge is 0.0873 e. The second kappa shape index (κ2) is 16.8. The zero-order chi connectivity index (χ0) is 26.9. The van der Waals surface area contributed by atoms with Crippen LogP contribution in [0.5, 0.6) is 0 Å². The number of carboxylic acids is 3. The average molecular weight is 502 g/mol. The minimum atomic E-state index is -1.78. The maximum Gasteiger partial charge on any atom is 0.0873 e. The molecule has 0 aromatic heterocycles. The van der Waals surface area contributed by atoms with Gasteiger partial charge in [-0.2, -0.15) is 0 Å². The van der Waals surface area contributed by atoms with Crippen molar-refractivity contribution in [2.24, 2.45) is 0 Å². The van der Waals surface area contributed by atoms with Crippen molar-refractivity contribution in [3.63, 3.8) is 0 Å². The van der Waals surface area contributed by atoms with Crippen LogP contribution in [0.2, 0.25) is 0 Å². The Morgan fingerprint density at radius 3 is 1.17 bits per heavy atom. The van der Waals surface area contributed by atoms with Gasteiger partial charge in [0.15, 0.2) is 0 Å². The van der Waals surface area contributed by atoms with Gasteiger partial charge in [-0.15, -0.1) is 0 Å². The third-order valence-electron chi connectivity index (χ3n) is 5.60. The van der Waals surface area contributed by atoms with Crippen LogP contribution in [0.3, 0.4) is 0 Å². The van der Waals surface area contributed by atoms with Crippen molar-refractivity contribution in [3.05, 3.63) is 71.9 Å². The number of hydrogen-bond donors (Lipinski definition) is 0. The molecule has 1 aromatic rings. The van der Waals surface area contributed by atoms with Crippen molar-refractivity contribution in [1.29, 1.82) is 0 Å². The average Bonchev–Trinajstić information content (AvgIpc) is 2.83. The van der Waals surface area contributed by atoms with Crippen molar-refractivity contribution in [1.82, 2.24) is 0 Å². The van der Waals surface area contributed by atoms with E-state index in [1.165, 1.54) is 18.8 Å². The van der Waals surface area contributed by atoms with Crippen LogP contribution >= 0.6 is 0 Å². The fraction of sp³-hybridized carbons (Fsp3) is 0.444. The molecule has 0 spiro atoms. The Hall–Kier alpha value is -3.75. The Morgan fingerprint density at radius 2 is 0.833 bits per heavy atom. The lowest BCUT2D eigenvalue weighted by molar-refractivity contribution is -0.260. The molecular weight excluding hydrogens is 468 g/mol. The van der Waals surface area contributed by atoms with Crippen LogP contribution in [0, 0.1) is 0 Å². The Balaban J connectivity index is 3.64. The summed E-state index contributed by atoms with van der Waals surface area (Å²) in [6, 6.07) is 0. The second-order valence-electron chi connectivity index (χ2n) is 7.91. The lowest BCUT2D eigenvalue weighted by atomic mass is 9.81. The molecule has 0 saturated carbocycles. The van der Waals surface area contributed by atoms with E-state index in [1.54, 1.807) is 0 Å². The van der Waals surface area contributed by atoms with E-state index in [0.717, 1.165) is 0 Å². The molecule has 0 amide bonds. The normalized spacial score (nSPS) is 10.3. The summed E-state index contributed by atoms with van der Waals surface area (Å²) in [6.45, 7) is 11.3. The number of aromatic carboxylic acids is 3. The summed E-state index contributed by atoms with van der Waals surface area (Å²) in [5.74, 6) is -5.06. The summed E-state index contributed by atoms with van der Waals surface area (Å²) < 4.78 is 15.2. The van der Waals surface area contributed by atoms with Gasteiger partial charge in [-0.05, 0) is 74.5 Å². The highest BCUT2D eigenvalue weighted by Gasteiger charge is 2.25. The molecule has 0 saturated heterocycles. The van der Waals surface area contributed by atoms with Crippen molar-refractivity contribution in [2.75, 3.05) is 19.8 Å². The Morgan fingerprint density at radius 1 is 0.528 bits per heavy atom. The van der Waals surface area contributed by atoms with E-state index < -0.39 is 29.0 Å². The molecule has 0 atom stereocenters. The topological polar surface area (TPSA) is 148 Å². The van der Waals surface area contributed by atoms with Crippen molar-refractivity contribution < 1.29 is 43.9 Å². The molecule has 9 nitrogen and oxygen atoms in total. The highest BCUT2D eigenvalue weighted by atomic mass is 16.5.